The number of carbonyl (C=O) groups excluding carboxylic acids is 1. The molecule has 1 aromatic heterocycles. The van der Waals surface area contributed by atoms with Crippen LogP contribution in [0.3, 0.4) is 0 Å². The number of hydrogen-bond acceptors (Lipinski definition) is 6. The molecule has 0 radical (unpaired) electrons. The van der Waals surface area contributed by atoms with Gasteiger partial charge in [0.1, 0.15) is 10.6 Å². The first-order valence-corrected chi connectivity index (χ1v) is 13.6. The Kier molecular flexibility index (Phi) is 7.94. The van der Waals surface area contributed by atoms with Crippen molar-refractivity contribution in [3.8, 4) is 11.1 Å². The molecule has 2 saturated carbocycles. The number of rotatable bonds is 8. The molecule has 0 saturated heterocycles. The van der Waals surface area contributed by atoms with Crippen molar-refractivity contribution in [2.45, 2.75) is 62.3 Å². The van der Waals surface area contributed by atoms with Crippen LogP contribution in [0, 0.1) is 6.92 Å². The molecule has 5 N–H and O–H groups in total. The number of carbonyl (C=O) groups is 2. The van der Waals surface area contributed by atoms with Gasteiger partial charge >= 0.3 is 12.0 Å². The van der Waals surface area contributed by atoms with Crippen LogP contribution >= 0.6 is 0 Å². The van der Waals surface area contributed by atoms with Crippen LogP contribution in [0.1, 0.15) is 55.0 Å². The first kappa shape index (κ1) is 26.4. The summed E-state index contributed by atoms with van der Waals surface area (Å²) in [6.45, 7) is 1.55. The third-order valence-electron chi connectivity index (χ3n) is 6.03. The molecule has 0 spiro atoms. The normalized spacial score (nSPS) is 14.9. The molecular formula is C26H30N4O6S. The lowest BCUT2D eigenvalue weighted by molar-refractivity contribution is -0.136. The van der Waals surface area contributed by atoms with Gasteiger partial charge in [-0.3, -0.25) is 4.79 Å². The highest BCUT2D eigenvalue weighted by atomic mass is 32.2. The summed E-state index contributed by atoms with van der Waals surface area (Å²) < 4.78 is 27.1. The molecule has 2 amide bonds. The van der Waals surface area contributed by atoms with Crippen molar-refractivity contribution in [3.05, 3.63) is 65.5 Å². The van der Waals surface area contributed by atoms with E-state index in [2.05, 4.69) is 15.8 Å². The number of aryl methyl sites for hydroxylation is 2. The van der Waals surface area contributed by atoms with E-state index in [0.717, 1.165) is 48.1 Å². The van der Waals surface area contributed by atoms with Crippen molar-refractivity contribution in [2.24, 2.45) is 5.14 Å². The summed E-state index contributed by atoms with van der Waals surface area (Å²) >= 11 is 0. The van der Waals surface area contributed by atoms with Crippen molar-refractivity contribution in [3.63, 3.8) is 0 Å². The Morgan fingerprint density at radius 3 is 2.38 bits per heavy atom. The number of aliphatic carboxylic acids is 1. The summed E-state index contributed by atoms with van der Waals surface area (Å²) in [5.74, 6) is -0.280. The zero-order valence-corrected chi connectivity index (χ0v) is 21.3. The average molecular weight is 527 g/mol. The molecule has 3 aromatic rings. The first-order valence-electron chi connectivity index (χ1n) is 12.1. The van der Waals surface area contributed by atoms with E-state index in [-0.39, 0.29) is 29.0 Å². The molecule has 0 atom stereocenters. The van der Waals surface area contributed by atoms with Gasteiger partial charge in [0.15, 0.2) is 5.76 Å². The van der Waals surface area contributed by atoms with Gasteiger partial charge in [0.2, 0.25) is 10.0 Å². The molecular weight excluding hydrogens is 496 g/mol. The van der Waals surface area contributed by atoms with Crippen LogP contribution in [0.5, 0.6) is 0 Å². The highest BCUT2D eigenvalue weighted by molar-refractivity contribution is 7.89. The standard InChI is InChI=1S/C19H20N2O3.C7H10N2O3S/c22-18(23)11-6-13-4-7-14(8-5-13)15-2-1-3-17(12-15)21-19(24)20-16-9-10-16;1-4-7(13(8,10)11)6(9-12-4)5-2-3-5/h1-5,7-8,12,16H,6,9-11H2,(H,22,23)(H2,20,21,24);5H,2-3H2,1H3,(H2,8,10,11). The average Bonchev–Trinajstić information content (AvgIpc) is 3.78. The molecule has 2 fully saturated rings. The van der Waals surface area contributed by atoms with Gasteiger partial charge < -0.3 is 20.3 Å². The topological polar surface area (TPSA) is 165 Å². The van der Waals surface area contributed by atoms with Gasteiger partial charge in [0.05, 0.1) is 0 Å². The fraction of sp³-hybridized carbons (Fsp3) is 0.346. The van der Waals surface area contributed by atoms with E-state index < -0.39 is 16.0 Å². The Balaban J connectivity index is 0.000000207. The van der Waals surface area contributed by atoms with Gasteiger partial charge in [-0.2, -0.15) is 0 Å². The van der Waals surface area contributed by atoms with E-state index in [4.69, 9.17) is 14.8 Å². The maximum Gasteiger partial charge on any atom is 0.319 e. The predicted molar refractivity (Wildman–Crippen MR) is 138 cm³/mol. The molecule has 1 heterocycles. The number of amides is 2. The summed E-state index contributed by atoms with van der Waals surface area (Å²) in [4.78, 5) is 22.5. The molecule has 5 rings (SSSR count). The second-order valence-corrected chi connectivity index (χ2v) is 10.8. The molecule has 10 nitrogen and oxygen atoms in total. The number of aromatic nitrogens is 1. The van der Waals surface area contributed by atoms with Crippen LogP contribution in [0.25, 0.3) is 11.1 Å². The second-order valence-electron chi connectivity index (χ2n) is 9.32. The number of anilines is 1. The molecule has 2 aromatic carbocycles. The SMILES string of the molecule is Cc1onc(C2CC2)c1S(N)(=O)=O.O=C(O)CCc1ccc(-c2cccc(NC(=O)NC3CC3)c2)cc1. The molecule has 0 bridgehead atoms. The van der Waals surface area contributed by atoms with Crippen molar-refractivity contribution in [1.29, 1.82) is 0 Å². The summed E-state index contributed by atoms with van der Waals surface area (Å²) in [6, 6.07) is 15.7. The van der Waals surface area contributed by atoms with Crippen LogP contribution in [0.4, 0.5) is 10.5 Å². The molecule has 37 heavy (non-hydrogen) atoms. The molecule has 11 heteroatoms. The number of nitrogens with two attached hydrogens (primary N) is 1. The van der Waals surface area contributed by atoms with Crippen LogP contribution < -0.4 is 15.8 Å². The smallest absolute Gasteiger partial charge is 0.319 e. The zero-order valence-electron chi connectivity index (χ0n) is 20.4. The summed E-state index contributed by atoms with van der Waals surface area (Å²) in [7, 11) is -3.68. The van der Waals surface area contributed by atoms with E-state index in [0.29, 0.717) is 18.2 Å². The molecule has 196 valence electrons. The van der Waals surface area contributed by atoms with Crippen molar-refractivity contribution < 1.29 is 27.6 Å². The number of nitrogens with zero attached hydrogens (tertiary/aromatic N) is 1. The minimum Gasteiger partial charge on any atom is -0.481 e. The fourth-order valence-corrected chi connectivity index (χ4v) is 4.75. The quantitative estimate of drug-likeness (QED) is 0.342. The largest absolute Gasteiger partial charge is 0.481 e. The van der Waals surface area contributed by atoms with Crippen molar-refractivity contribution in [2.75, 3.05) is 5.32 Å². The maximum atomic E-state index is 11.8. The monoisotopic (exact) mass is 526 g/mol. The maximum absolute atomic E-state index is 11.8. The van der Waals surface area contributed by atoms with E-state index in [1.165, 1.54) is 0 Å². The van der Waals surface area contributed by atoms with Crippen LogP contribution in [0.15, 0.2) is 57.9 Å². The molecule has 0 unspecified atom stereocenters. The Hall–Kier alpha value is -3.70. The second kappa shape index (κ2) is 11.1. The minimum absolute atomic E-state index is 0.0787. The van der Waals surface area contributed by atoms with Crippen molar-refractivity contribution in [1.82, 2.24) is 10.5 Å². The lowest BCUT2D eigenvalue weighted by Crippen LogP contribution is -2.30. The molecule has 2 aliphatic rings. The predicted octanol–water partition coefficient (Wildman–Crippen LogP) is 4.16. The Bertz CT molecular complexity index is 1380. The van der Waals surface area contributed by atoms with Gasteiger partial charge in [-0.15, -0.1) is 0 Å². The highest BCUT2D eigenvalue weighted by Crippen LogP contribution is 2.42. The number of carboxylic acids is 1. The number of hydrogen-bond donors (Lipinski definition) is 4. The van der Waals surface area contributed by atoms with Crippen LogP contribution in [0.2, 0.25) is 0 Å². The minimum atomic E-state index is -3.68. The van der Waals surface area contributed by atoms with E-state index in [1.807, 2.05) is 48.5 Å². The lowest BCUT2D eigenvalue weighted by Gasteiger charge is -2.09. The third-order valence-corrected chi connectivity index (χ3v) is 7.10. The first-order chi connectivity index (χ1) is 17.6. The molecule has 2 aliphatic carbocycles. The van der Waals surface area contributed by atoms with Crippen LogP contribution in [-0.2, 0) is 21.2 Å². The van der Waals surface area contributed by atoms with Crippen LogP contribution in [-0.4, -0.2) is 36.7 Å². The van der Waals surface area contributed by atoms with Gasteiger partial charge in [-0.25, -0.2) is 18.4 Å². The highest BCUT2D eigenvalue weighted by Gasteiger charge is 2.34. The number of sulfonamides is 1. The summed E-state index contributed by atoms with van der Waals surface area (Å²) in [5.41, 5.74) is 4.28. The zero-order chi connectivity index (χ0) is 26.6. The third kappa shape index (κ3) is 7.64. The van der Waals surface area contributed by atoms with Gasteiger partial charge in [-0.05, 0) is 67.9 Å². The summed E-state index contributed by atoms with van der Waals surface area (Å²) in [6.07, 6.45) is 4.71. The van der Waals surface area contributed by atoms with E-state index >= 15 is 0 Å². The van der Waals surface area contributed by atoms with Gasteiger partial charge in [0, 0.05) is 24.1 Å². The van der Waals surface area contributed by atoms with E-state index in [9.17, 15) is 18.0 Å². The number of carboxylic acid groups (broad SMARTS) is 1. The van der Waals surface area contributed by atoms with Gasteiger partial charge in [-0.1, -0.05) is 41.6 Å². The lowest BCUT2D eigenvalue weighted by atomic mass is 10.0. The molecule has 0 aliphatic heterocycles. The number of urea groups is 1. The van der Waals surface area contributed by atoms with Gasteiger partial charge in [0.25, 0.3) is 0 Å². The summed E-state index contributed by atoms with van der Waals surface area (Å²) in [5, 5.41) is 23.2. The number of primary sulfonamides is 1. The van der Waals surface area contributed by atoms with Crippen molar-refractivity contribution >= 4 is 27.7 Å². The fourth-order valence-electron chi connectivity index (χ4n) is 3.82. The van der Waals surface area contributed by atoms with E-state index in [1.54, 1.807) is 6.92 Å². The Morgan fingerprint density at radius 2 is 1.78 bits per heavy atom. The number of benzene rings is 2. The Morgan fingerprint density at radius 1 is 1.08 bits per heavy atom. The number of nitrogens with one attached hydrogen (secondary N) is 2. The Labute approximate surface area is 215 Å².